The van der Waals surface area contributed by atoms with Gasteiger partial charge < -0.3 is 37.2 Å². The first-order valence-electron chi connectivity index (χ1n) is 13.1. The molecule has 0 saturated heterocycles. The van der Waals surface area contributed by atoms with Crippen molar-refractivity contribution in [2.45, 2.75) is 89.1 Å². The molecular weight excluding hydrogens is 490 g/mol. The largest absolute Gasteiger partial charge is 0.481 e. The van der Waals surface area contributed by atoms with Crippen molar-refractivity contribution in [3.05, 3.63) is 42.0 Å². The number of carbonyl (C=O) groups is 4. The summed E-state index contributed by atoms with van der Waals surface area (Å²) in [6.07, 6.45) is 4.58. The van der Waals surface area contributed by atoms with Crippen molar-refractivity contribution >= 4 is 29.4 Å². The molecule has 0 aromatic heterocycles. The van der Waals surface area contributed by atoms with Gasteiger partial charge in [0.15, 0.2) is 0 Å². The van der Waals surface area contributed by atoms with Crippen LogP contribution < -0.4 is 27.0 Å². The summed E-state index contributed by atoms with van der Waals surface area (Å²) in [4.78, 5) is 49.4. The number of aliphatic hydroxyl groups excluding tert-OH is 1. The Morgan fingerprint density at radius 3 is 2.50 bits per heavy atom. The standard InChI is InChI=1S/C27H41N5O6/c1-3-7-21-26(37)30-20(23(33)16-29-18-12-10-17(2)11-13-18)8-5-4-6-9-22(27(38)32-21)31-25(36)19(28)14-15-24(34)35/h4,6,10-13,19-23,29,33H,3,5,7-9,14-16,28H2,1-2H3,(H,30,37)(H,31,36)(H,32,38)(H,34,35)/b6-4+/t19-,20-,21-,22-,23+/m0/s1. The Bertz CT molecular complexity index is 967. The van der Waals surface area contributed by atoms with Gasteiger partial charge in [0.1, 0.15) is 12.1 Å². The predicted molar refractivity (Wildman–Crippen MR) is 144 cm³/mol. The molecule has 11 heteroatoms. The van der Waals surface area contributed by atoms with Crippen molar-refractivity contribution in [2.75, 3.05) is 11.9 Å². The summed E-state index contributed by atoms with van der Waals surface area (Å²) >= 11 is 0. The van der Waals surface area contributed by atoms with Gasteiger partial charge >= 0.3 is 5.97 Å². The third-order valence-corrected chi connectivity index (χ3v) is 6.39. The molecule has 0 radical (unpaired) electrons. The van der Waals surface area contributed by atoms with Crippen LogP contribution in [0, 0.1) is 6.92 Å². The van der Waals surface area contributed by atoms with E-state index in [1.54, 1.807) is 6.08 Å². The molecule has 2 rings (SSSR count). The first-order valence-corrected chi connectivity index (χ1v) is 13.1. The van der Waals surface area contributed by atoms with E-state index >= 15 is 0 Å². The number of nitrogens with one attached hydrogen (secondary N) is 4. The number of aliphatic hydroxyl groups is 1. The summed E-state index contributed by atoms with van der Waals surface area (Å²) in [5, 5.41) is 31.1. The summed E-state index contributed by atoms with van der Waals surface area (Å²) < 4.78 is 0. The number of carbonyl (C=O) groups excluding carboxylic acids is 3. The topological polar surface area (TPSA) is 183 Å². The number of hydrogen-bond donors (Lipinski definition) is 7. The molecule has 0 spiro atoms. The first kappa shape index (κ1) is 30.8. The summed E-state index contributed by atoms with van der Waals surface area (Å²) in [6, 6.07) is 4.34. The molecule has 1 aliphatic rings. The molecule has 1 aromatic rings. The van der Waals surface area contributed by atoms with Gasteiger partial charge in [-0.3, -0.25) is 19.2 Å². The minimum absolute atomic E-state index is 0.0608. The molecule has 0 bridgehead atoms. The lowest BCUT2D eigenvalue weighted by atomic mass is 10.0. The first-order chi connectivity index (χ1) is 18.1. The number of carboxylic acid groups (broad SMARTS) is 1. The molecule has 0 saturated carbocycles. The normalized spacial score (nSPS) is 23.0. The Morgan fingerprint density at radius 1 is 1.13 bits per heavy atom. The molecule has 0 fully saturated rings. The van der Waals surface area contributed by atoms with E-state index in [2.05, 4.69) is 21.3 Å². The second kappa shape index (κ2) is 15.7. The Hall–Kier alpha value is -3.44. The van der Waals surface area contributed by atoms with Crippen molar-refractivity contribution in [3.8, 4) is 0 Å². The van der Waals surface area contributed by atoms with Gasteiger partial charge in [-0.1, -0.05) is 43.2 Å². The highest BCUT2D eigenvalue weighted by molar-refractivity contribution is 5.93. The third kappa shape index (κ3) is 10.5. The smallest absolute Gasteiger partial charge is 0.303 e. The number of allylic oxidation sites excluding steroid dienone is 1. The minimum Gasteiger partial charge on any atom is -0.481 e. The second-order valence-corrected chi connectivity index (χ2v) is 9.66. The maximum Gasteiger partial charge on any atom is 0.303 e. The molecule has 5 atom stereocenters. The lowest BCUT2D eigenvalue weighted by molar-refractivity contribution is -0.137. The van der Waals surface area contributed by atoms with E-state index in [1.165, 1.54) is 0 Å². The maximum absolute atomic E-state index is 13.1. The lowest BCUT2D eigenvalue weighted by Crippen LogP contribution is -2.57. The number of anilines is 1. The monoisotopic (exact) mass is 531 g/mol. The van der Waals surface area contributed by atoms with Crippen LogP contribution in [0.3, 0.4) is 0 Å². The average Bonchev–Trinajstić information content (AvgIpc) is 2.88. The SMILES string of the molecule is CCC[C@@H]1NC(=O)[C@@H](NC(=O)[C@@H](N)CCC(=O)O)C/C=C/CC[C@@H]([C@H](O)CNc2ccc(C)cc2)NC1=O. The van der Waals surface area contributed by atoms with Crippen molar-refractivity contribution in [1.82, 2.24) is 16.0 Å². The lowest BCUT2D eigenvalue weighted by Gasteiger charge is -2.28. The molecule has 1 heterocycles. The van der Waals surface area contributed by atoms with Crippen LogP contribution in [0.5, 0.6) is 0 Å². The van der Waals surface area contributed by atoms with Crippen LogP contribution in [0.2, 0.25) is 0 Å². The van der Waals surface area contributed by atoms with Crippen LogP contribution in [0.25, 0.3) is 0 Å². The van der Waals surface area contributed by atoms with Gasteiger partial charge in [-0.2, -0.15) is 0 Å². The van der Waals surface area contributed by atoms with Crippen LogP contribution in [-0.4, -0.2) is 70.7 Å². The van der Waals surface area contributed by atoms with E-state index < -0.39 is 54.0 Å². The highest BCUT2D eigenvalue weighted by atomic mass is 16.4. The third-order valence-electron chi connectivity index (χ3n) is 6.39. The van der Waals surface area contributed by atoms with Gasteiger partial charge in [-0.25, -0.2) is 0 Å². The number of benzene rings is 1. The van der Waals surface area contributed by atoms with Gasteiger partial charge in [0.25, 0.3) is 0 Å². The van der Waals surface area contributed by atoms with E-state index in [9.17, 15) is 24.3 Å². The number of amides is 3. The van der Waals surface area contributed by atoms with Crippen molar-refractivity contribution in [3.63, 3.8) is 0 Å². The number of aliphatic carboxylic acids is 1. The van der Waals surface area contributed by atoms with Gasteiger partial charge in [-0.05, 0) is 51.2 Å². The zero-order valence-corrected chi connectivity index (χ0v) is 22.1. The number of hydrogen-bond acceptors (Lipinski definition) is 7. The van der Waals surface area contributed by atoms with Crippen molar-refractivity contribution < 1.29 is 29.4 Å². The van der Waals surface area contributed by atoms with Crippen LogP contribution in [0.15, 0.2) is 36.4 Å². The number of nitrogens with two attached hydrogens (primary N) is 1. The molecule has 1 aromatic carbocycles. The van der Waals surface area contributed by atoms with E-state index in [0.717, 1.165) is 11.3 Å². The molecule has 11 nitrogen and oxygen atoms in total. The van der Waals surface area contributed by atoms with Crippen LogP contribution in [0.1, 0.15) is 57.4 Å². The molecule has 3 amide bonds. The fourth-order valence-corrected chi connectivity index (χ4v) is 4.06. The zero-order valence-electron chi connectivity index (χ0n) is 22.1. The molecule has 8 N–H and O–H groups in total. The number of rotatable bonds is 11. The highest BCUT2D eigenvalue weighted by Gasteiger charge is 2.30. The zero-order chi connectivity index (χ0) is 28.1. The van der Waals surface area contributed by atoms with E-state index in [-0.39, 0.29) is 25.8 Å². The van der Waals surface area contributed by atoms with Crippen molar-refractivity contribution in [1.29, 1.82) is 0 Å². The highest BCUT2D eigenvalue weighted by Crippen LogP contribution is 2.12. The van der Waals surface area contributed by atoms with Gasteiger partial charge in [0, 0.05) is 18.7 Å². The van der Waals surface area contributed by atoms with Gasteiger partial charge in [0.2, 0.25) is 17.7 Å². The van der Waals surface area contributed by atoms with Crippen LogP contribution in [0.4, 0.5) is 5.69 Å². The molecule has 0 aliphatic carbocycles. The van der Waals surface area contributed by atoms with Crippen LogP contribution >= 0.6 is 0 Å². The Balaban J connectivity index is 2.09. The molecular formula is C27H41N5O6. The van der Waals surface area contributed by atoms with E-state index in [4.69, 9.17) is 10.8 Å². The molecule has 210 valence electrons. The Labute approximate surface area is 223 Å². The van der Waals surface area contributed by atoms with Gasteiger partial charge in [-0.15, -0.1) is 0 Å². The van der Waals surface area contributed by atoms with E-state index in [0.29, 0.717) is 25.7 Å². The van der Waals surface area contributed by atoms with Gasteiger partial charge in [0.05, 0.1) is 18.2 Å². The fourth-order valence-electron chi connectivity index (χ4n) is 4.06. The Morgan fingerprint density at radius 2 is 1.84 bits per heavy atom. The summed E-state index contributed by atoms with van der Waals surface area (Å²) in [6.45, 7) is 4.11. The minimum atomic E-state index is -1.07. The van der Waals surface area contributed by atoms with E-state index in [1.807, 2.05) is 44.2 Å². The molecule has 1 aliphatic heterocycles. The number of carboxylic acids is 1. The fraction of sp³-hybridized carbons (Fsp3) is 0.556. The number of aryl methyl sites for hydroxylation is 1. The predicted octanol–water partition coefficient (Wildman–Crippen LogP) is 0.955. The Kier molecular flexibility index (Phi) is 12.7. The summed E-state index contributed by atoms with van der Waals surface area (Å²) in [5.41, 5.74) is 7.78. The quantitative estimate of drug-likeness (QED) is 0.206. The average molecular weight is 532 g/mol. The maximum atomic E-state index is 13.1. The molecule has 0 unspecified atom stereocenters. The van der Waals surface area contributed by atoms with Crippen LogP contribution in [-0.2, 0) is 19.2 Å². The molecule has 38 heavy (non-hydrogen) atoms. The summed E-state index contributed by atoms with van der Waals surface area (Å²) in [7, 11) is 0. The summed E-state index contributed by atoms with van der Waals surface area (Å²) in [5.74, 6) is -2.65. The van der Waals surface area contributed by atoms with Crippen molar-refractivity contribution in [2.24, 2.45) is 5.73 Å². The second-order valence-electron chi connectivity index (χ2n) is 9.66.